The van der Waals surface area contributed by atoms with Crippen molar-refractivity contribution in [2.75, 3.05) is 0 Å². The van der Waals surface area contributed by atoms with Crippen LogP contribution in [0.1, 0.15) is 55.5 Å². The van der Waals surface area contributed by atoms with E-state index in [1.165, 1.54) is 59.1 Å². The van der Waals surface area contributed by atoms with E-state index in [0.29, 0.717) is 0 Å². The molecule has 0 fully saturated rings. The highest BCUT2D eigenvalue weighted by atomic mass is 32.1. The predicted molar refractivity (Wildman–Crippen MR) is 210 cm³/mol. The Morgan fingerprint density at radius 1 is 0.571 bits per heavy atom. The highest BCUT2D eigenvalue weighted by molar-refractivity contribution is 7.25. The first-order chi connectivity index (χ1) is 23.9. The van der Waals surface area contributed by atoms with Crippen molar-refractivity contribution in [3.05, 3.63) is 173 Å². The quantitative estimate of drug-likeness (QED) is 0.181. The first-order valence-corrected chi connectivity index (χ1v) is 17.9. The molecule has 236 valence electrons. The minimum absolute atomic E-state index is 0.0420. The first-order valence-electron chi connectivity index (χ1n) is 17.1. The van der Waals surface area contributed by atoms with Crippen LogP contribution in [0.25, 0.3) is 48.1 Å². The van der Waals surface area contributed by atoms with Crippen molar-refractivity contribution in [1.29, 1.82) is 0 Å². The van der Waals surface area contributed by atoms with Crippen LogP contribution in [0.15, 0.2) is 155 Å². The zero-order valence-electron chi connectivity index (χ0n) is 28.2. The second-order valence-corrected chi connectivity index (χ2v) is 14.9. The summed E-state index contributed by atoms with van der Waals surface area (Å²) in [6.45, 7) is 9.17. The average molecular weight is 649 g/mol. The maximum absolute atomic E-state index is 5.46. The lowest BCUT2D eigenvalue weighted by molar-refractivity contribution is 0.660. The molecular formula is C46H36N2S. The summed E-state index contributed by atoms with van der Waals surface area (Å²) in [5, 5.41) is 2.46. The molecule has 1 aliphatic heterocycles. The minimum atomic E-state index is -0.0420. The van der Waals surface area contributed by atoms with Crippen LogP contribution in [0.5, 0.6) is 0 Å². The summed E-state index contributed by atoms with van der Waals surface area (Å²) in [7, 11) is 0. The van der Waals surface area contributed by atoms with E-state index in [-0.39, 0.29) is 11.3 Å². The van der Waals surface area contributed by atoms with Crippen LogP contribution in [0.2, 0.25) is 0 Å². The van der Waals surface area contributed by atoms with Crippen LogP contribution in [0.3, 0.4) is 0 Å². The molecule has 1 aromatic heterocycles. The SMILES string of the molecule is CC1=C(c2ccccc2)N=C(c2cccc3sc4ccc(-c5cccc6c5-c5ccccc5C6(C)C)cc4c23)N=C(c2ccccc2)C1C. The van der Waals surface area contributed by atoms with Crippen LogP contribution < -0.4 is 0 Å². The number of benzene rings is 6. The number of hydrogen-bond acceptors (Lipinski definition) is 3. The normalized spacial score (nSPS) is 16.7. The van der Waals surface area contributed by atoms with E-state index in [4.69, 9.17) is 9.98 Å². The van der Waals surface area contributed by atoms with Gasteiger partial charge < -0.3 is 0 Å². The van der Waals surface area contributed by atoms with Gasteiger partial charge in [0.2, 0.25) is 0 Å². The number of allylic oxidation sites excluding steroid dienone is 1. The standard InChI is InChI=1S/C46H36N2S/c1-28-29(2)44(31-17-9-6-10-18-31)48-45(47-43(28)30-15-7-5-8-16-30)35-21-14-24-40-42(35)36-27-32(25-26-39(36)49-40)33-20-13-23-38-41(33)34-19-11-12-22-37(34)46(38,3)4/h5-28H,1-4H3. The number of amidine groups is 1. The third kappa shape index (κ3) is 4.68. The molecule has 1 atom stereocenters. The Balaban J connectivity index is 1.29. The largest absolute Gasteiger partial charge is 0.232 e. The van der Waals surface area contributed by atoms with Crippen molar-refractivity contribution in [2.45, 2.75) is 33.1 Å². The van der Waals surface area contributed by atoms with Crippen LogP contribution in [0, 0.1) is 5.92 Å². The third-order valence-electron chi connectivity index (χ3n) is 10.6. The fourth-order valence-electron chi connectivity index (χ4n) is 7.95. The molecule has 7 aromatic rings. The molecule has 1 aliphatic carbocycles. The number of thiophene rings is 1. The summed E-state index contributed by atoms with van der Waals surface area (Å²) in [6.07, 6.45) is 0. The molecule has 3 heteroatoms. The second kappa shape index (κ2) is 11.4. The Hall–Kier alpha value is -5.38. The zero-order valence-corrected chi connectivity index (χ0v) is 29.0. The van der Waals surface area contributed by atoms with E-state index in [2.05, 4.69) is 167 Å². The lowest BCUT2D eigenvalue weighted by atomic mass is 9.82. The summed E-state index contributed by atoms with van der Waals surface area (Å²) in [6, 6.07) is 50.5. The highest BCUT2D eigenvalue weighted by Gasteiger charge is 2.36. The summed E-state index contributed by atoms with van der Waals surface area (Å²) < 4.78 is 2.51. The molecule has 1 unspecified atom stereocenters. The smallest absolute Gasteiger partial charge is 0.160 e. The van der Waals surface area contributed by atoms with Gasteiger partial charge >= 0.3 is 0 Å². The molecule has 0 spiro atoms. The van der Waals surface area contributed by atoms with E-state index >= 15 is 0 Å². The molecule has 0 N–H and O–H groups in total. The van der Waals surface area contributed by atoms with Gasteiger partial charge in [-0.05, 0) is 69.6 Å². The summed E-state index contributed by atoms with van der Waals surface area (Å²) in [5.74, 6) is 0.851. The Kier molecular flexibility index (Phi) is 6.89. The Bertz CT molecular complexity index is 2530. The molecular weight excluding hydrogens is 613 g/mol. The van der Waals surface area contributed by atoms with Crippen LogP contribution in [0.4, 0.5) is 0 Å². The maximum atomic E-state index is 5.46. The van der Waals surface area contributed by atoms with Gasteiger partial charge in [0.25, 0.3) is 0 Å². The lowest BCUT2D eigenvalue weighted by Gasteiger charge is -2.21. The zero-order chi connectivity index (χ0) is 33.3. The third-order valence-corrected chi connectivity index (χ3v) is 11.8. The Labute approximate surface area is 291 Å². The van der Waals surface area contributed by atoms with Gasteiger partial charge in [-0.25, -0.2) is 9.98 Å². The van der Waals surface area contributed by atoms with Gasteiger partial charge in [0.15, 0.2) is 5.84 Å². The van der Waals surface area contributed by atoms with Crippen molar-refractivity contribution in [2.24, 2.45) is 15.9 Å². The molecule has 2 nitrogen and oxygen atoms in total. The maximum Gasteiger partial charge on any atom is 0.160 e. The molecule has 6 aromatic carbocycles. The summed E-state index contributed by atoms with van der Waals surface area (Å²) >= 11 is 1.84. The first kappa shape index (κ1) is 29.7. The highest BCUT2D eigenvalue weighted by Crippen LogP contribution is 2.52. The minimum Gasteiger partial charge on any atom is -0.232 e. The topological polar surface area (TPSA) is 24.7 Å². The van der Waals surface area contributed by atoms with E-state index in [1.807, 2.05) is 11.3 Å². The summed E-state index contributed by atoms with van der Waals surface area (Å²) in [4.78, 5) is 10.9. The molecule has 0 bridgehead atoms. The predicted octanol–water partition coefficient (Wildman–Crippen LogP) is 12.3. The number of rotatable bonds is 4. The molecule has 0 radical (unpaired) electrons. The molecule has 9 rings (SSSR count). The van der Waals surface area contributed by atoms with E-state index < -0.39 is 0 Å². The van der Waals surface area contributed by atoms with Gasteiger partial charge in [0, 0.05) is 42.6 Å². The van der Waals surface area contributed by atoms with Crippen molar-refractivity contribution < 1.29 is 0 Å². The van der Waals surface area contributed by atoms with E-state index in [1.54, 1.807) is 0 Å². The number of hydrogen-bond donors (Lipinski definition) is 0. The lowest BCUT2D eigenvalue weighted by Crippen LogP contribution is -2.15. The molecule has 0 amide bonds. The second-order valence-electron chi connectivity index (χ2n) is 13.8. The van der Waals surface area contributed by atoms with Gasteiger partial charge in [-0.2, -0.15) is 0 Å². The fourth-order valence-corrected chi connectivity index (χ4v) is 9.06. The molecule has 2 aliphatic rings. The van der Waals surface area contributed by atoms with Gasteiger partial charge in [-0.3, -0.25) is 0 Å². The van der Waals surface area contributed by atoms with Crippen LogP contribution in [-0.4, -0.2) is 11.5 Å². The molecule has 2 heterocycles. The van der Waals surface area contributed by atoms with Crippen molar-refractivity contribution in [1.82, 2.24) is 0 Å². The van der Waals surface area contributed by atoms with Crippen molar-refractivity contribution in [3.8, 4) is 22.3 Å². The average Bonchev–Trinajstić information content (AvgIpc) is 3.59. The van der Waals surface area contributed by atoms with Gasteiger partial charge in [0.1, 0.15) is 0 Å². The van der Waals surface area contributed by atoms with Crippen molar-refractivity contribution >= 4 is 48.8 Å². The van der Waals surface area contributed by atoms with Gasteiger partial charge in [-0.1, -0.05) is 142 Å². The molecule has 0 saturated heterocycles. The van der Waals surface area contributed by atoms with Crippen LogP contribution in [-0.2, 0) is 5.41 Å². The molecule has 0 saturated carbocycles. The van der Waals surface area contributed by atoms with Gasteiger partial charge in [0.05, 0.1) is 11.4 Å². The number of nitrogens with zero attached hydrogens (tertiary/aromatic N) is 2. The van der Waals surface area contributed by atoms with Crippen LogP contribution >= 0.6 is 11.3 Å². The Morgan fingerprint density at radius 2 is 1.22 bits per heavy atom. The van der Waals surface area contributed by atoms with Gasteiger partial charge in [-0.15, -0.1) is 11.3 Å². The number of fused-ring (bicyclic) bond motifs is 6. The molecule has 49 heavy (non-hydrogen) atoms. The summed E-state index contributed by atoms with van der Waals surface area (Å²) in [5.41, 5.74) is 14.5. The Morgan fingerprint density at radius 3 is 2.02 bits per heavy atom. The van der Waals surface area contributed by atoms with E-state index in [9.17, 15) is 0 Å². The van der Waals surface area contributed by atoms with Crippen molar-refractivity contribution in [3.63, 3.8) is 0 Å². The monoisotopic (exact) mass is 648 g/mol. The number of aliphatic imine (C=N–C) groups is 2. The van der Waals surface area contributed by atoms with E-state index in [0.717, 1.165) is 33.9 Å². The fraction of sp³-hybridized carbons (Fsp3) is 0.130.